The Balaban J connectivity index is 2.70. The molecule has 0 aliphatic carbocycles. The van der Waals surface area contributed by atoms with Gasteiger partial charge in [0.25, 0.3) is 0 Å². The quantitative estimate of drug-likeness (QED) is 0.559. The van der Waals surface area contributed by atoms with E-state index in [2.05, 4.69) is 0 Å². The maximum absolute atomic E-state index is 11.9. The van der Waals surface area contributed by atoms with Crippen LogP contribution in [0.3, 0.4) is 0 Å². The van der Waals surface area contributed by atoms with Crippen LogP contribution in [0.1, 0.15) is 34.6 Å². The zero-order valence-corrected chi connectivity index (χ0v) is 12.5. The third-order valence-corrected chi connectivity index (χ3v) is 2.50. The first-order chi connectivity index (χ1) is 9.08. The molecule has 2 unspecified atom stereocenters. The summed E-state index contributed by atoms with van der Waals surface area (Å²) < 4.78 is 15.4. The first kappa shape index (κ1) is 16.3. The summed E-state index contributed by atoms with van der Waals surface area (Å²) in [5, 5.41) is 0. The Kier molecular flexibility index (Phi) is 4.97. The minimum Gasteiger partial charge on any atom is -0.457 e. The molecule has 0 saturated carbocycles. The van der Waals surface area contributed by atoms with Crippen molar-refractivity contribution < 1.29 is 28.6 Å². The average Bonchev–Trinajstić information content (AvgIpc) is 2.57. The van der Waals surface area contributed by atoms with Crippen molar-refractivity contribution in [2.75, 3.05) is 13.1 Å². The van der Waals surface area contributed by atoms with Gasteiger partial charge in [-0.1, -0.05) is 0 Å². The molecule has 0 aromatic carbocycles. The lowest BCUT2D eigenvalue weighted by Crippen LogP contribution is -2.36. The summed E-state index contributed by atoms with van der Waals surface area (Å²) in [7, 11) is 0. The molecule has 1 aliphatic rings. The van der Waals surface area contributed by atoms with Gasteiger partial charge in [-0.25, -0.2) is 4.79 Å². The van der Waals surface area contributed by atoms with E-state index >= 15 is 0 Å². The Morgan fingerprint density at radius 2 is 1.35 bits per heavy atom. The number of likely N-dealkylation sites (tertiary alicyclic amines) is 1. The second-order valence-electron chi connectivity index (χ2n) is 5.68. The number of esters is 2. The number of ether oxygens (including phenoxy) is 3. The van der Waals surface area contributed by atoms with Crippen molar-refractivity contribution in [2.24, 2.45) is 0 Å². The Bertz CT molecular complexity index is 376. The molecule has 1 fully saturated rings. The first-order valence-corrected chi connectivity index (χ1v) is 6.41. The van der Waals surface area contributed by atoms with Crippen molar-refractivity contribution in [1.29, 1.82) is 0 Å². The Morgan fingerprint density at radius 3 is 1.65 bits per heavy atom. The van der Waals surface area contributed by atoms with Crippen molar-refractivity contribution in [3.63, 3.8) is 0 Å². The second kappa shape index (κ2) is 6.11. The number of rotatable bonds is 2. The van der Waals surface area contributed by atoms with Crippen molar-refractivity contribution in [1.82, 2.24) is 4.90 Å². The van der Waals surface area contributed by atoms with Gasteiger partial charge >= 0.3 is 18.0 Å². The monoisotopic (exact) mass is 287 g/mol. The van der Waals surface area contributed by atoms with Crippen LogP contribution >= 0.6 is 0 Å². The standard InChI is InChI=1S/C13H21NO6/c1-8(15)18-10-6-14(7-11(10)19-9(2)16)12(17)20-13(3,4)5/h10-11H,6-7H2,1-5H3. The molecule has 1 aliphatic heterocycles. The highest BCUT2D eigenvalue weighted by atomic mass is 16.6. The van der Waals surface area contributed by atoms with Gasteiger partial charge in [-0.05, 0) is 20.8 Å². The number of carbonyl (C=O) groups excluding carboxylic acids is 3. The first-order valence-electron chi connectivity index (χ1n) is 6.41. The van der Waals surface area contributed by atoms with Crippen molar-refractivity contribution >= 4 is 18.0 Å². The average molecular weight is 287 g/mol. The fourth-order valence-corrected chi connectivity index (χ4v) is 1.87. The molecule has 0 spiro atoms. The van der Waals surface area contributed by atoms with Crippen LogP contribution in [0.4, 0.5) is 4.79 Å². The van der Waals surface area contributed by atoms with E-state index in [0.717, 1.165) is 0 Å². The molecule has 0 radical (unpaired) electrons. The maximum atomic E-state index is 11.9. The lowest BCUT2D eigenvalue weighted by Gasteiger charge is -2.24. The molecule has 0 bridgehead atoms. The van der Waals surface area contributed by atoms with Crippen LogP contribution < -0.4 is 0 Å². The summed E-state index contributed by atoms with van der Waals surface area (Å²) in [6, 6.07) is 0. The van der Waals surface area contributed by atoms with E-state index < -0.39 is 35.8 Å². The Morgan fingerprint density at radius 1 is 0.950 bits per heavy atom. The molecule has 20 heavy (non-hydrogen) atoms. The number of amides is 1. The zero-order valence-electron chi connectivity index (χ0n) is 12.5. The topological polar surface area (TPSA) is 82.1 Å². The van der Waals surface area contributed by atoms with Gasteiger partial charge in [-0.2, -0.15) is 0 Å². The normalized spacial score (nSPS) is 22.4. The lowest BCUT2D eigenvalue weighted by atomic mass is 10.2. The minimum atomic E-state index is -0.663. The number of nitrogens with zero attached hydrogens (tertiary/aromatic N) is 1. The molecule has 0 N–H and O–H groups in total. The van der Waals surface area contributed by atoms with Gasteiger partial charge in [0.2, 0.25) is 0 Å². The van der Waals surface area contributed by atoms with Gasteiger partial charge in [-0.3, -0.25) is 9.59 Å². The van der Waals surface area contributed by atoms with E-state index in [1.807, 2.05) is 0 Å². The molecule has 7 nitrogen and oxygen atoms in total. The van der Waals surface area contributed by atoms with Crippen LogP contribution in [0.5, 0.6) is 0 Å². The molecule has 0 aromatic heterocycles. The summed E-state index contributed by atoms with van der Waals surface area (Å²) in [6.45, 7) is 8.09. The smallest absolute Gasteiger partial charge is 0.410 e. The number of hydrogen-bond donors (Lipinski definition) is 0. The van der Waals surface area contributed by atoms with Gasteiger partial charge in [0.15, 0.2) is 12.2 Å². The zero-order chi connectivity index (χ0) is 15.5. The van der Waals surface area contributed by atoms with Gasteiger partial charge in [0, 0.05) is 13.8 Å². The molecule has 1 heterocycles. The predicted octanol–water partition coefficient (Wildman–Crippen LogP) is 1.10. The summed E-state index contributed by atoms with van der Waals surface area (Å²) in [4.78, 5) is 35.4. The molecular weight excluding hydrogens is 266 g/mol. The molecule has 0 aromatic rings. The van der Waals surface area contributed by atoms with Crippen LogP contribution in [0.25, 0.3) is 0 Å². The molecular formula is C13H21NO6. The van der Waals surface area contributed by atoms with Crippen LogP contribution in [0.15, 0.2) is 0 Å². The summed E-state index contributed by atoms with van der Waals surface area (Å²) in [5.74, 6) is -0.976. The Labute approximate surface area is 118 Å². The fourth-order valence-electron chi connectivity index (χ4n) is 1.87. The van der Waals surface area contributed by atoms with Crippen LogP contribution in [-0.2, 0) is 23.8 Å². The largest absolute Gasteiger partial charge is 0.457 e. The maximum Gasteiger partial charge on any atom is 0.410 e. The summed E-state index contributed by atoms with van der Waals surface area (Å²) in [6.07, 6.45) is -1.85. The van der Waals surface area contributed by atoms with E-state index in [9.17, 15) is 14.4 Å². The highest BCUT2D eigenvalue weighted by Gasteiger charge is 2.41. The van der Waals surface area contributed by atoms with E-state index in [1.165, 1.54) is 18.7 Å². The van der Waals surface area contributed by atoms with E-state index in [1.54, 1.807) is 20.8 Å². The number of carbonyl (C=O) groups is 3. The SMILES string of the molecule is CC(=O)OC1CN(C(=O)OC(C)(C)C)CC1OC(C)=O. The fraction of sp³-hybridized carbons (Fsp3) is 0.769. The van der Waals surface area contributed by atoms with E-state index in [4.69, 9.17) is 14.2 Å². The van der Waals surface area contributed by atoms with Crippen molar-refractivity contribution in [3.05, 3.63) is 0 Å². The predicted molar refractivity (Wildman–Crippen MR) is 68.9 cm³/mol. The van der Waals surface area contributed by atoms with E-state index in [0.29, 0.717) is 0 Å². The molecule has 1 amide bonds. The molecule has 1 saturated heterocycles. The second-order valence-corrected chi connectivity index (χ2v) is 5.68. The molecule has 1 rings (SSSR count). The van der Waals surface area contributed by atoms with Crippen LogP contribution in [-0.4, -0.2) is 53.8 Å². The molecule has 2 atom stereocenters. The van der Waals surface area contributed by atoms with Gasteiger partial charge in [0.1, 0.15) is 5.60 Å². The van der Waals surface area contributed by atoms with Gasteiger partial charge in [-0.15, -0.1) is 0 Å². The minimum absolute atomic E-state index is 0.145. The van der Waals surface area contributed by atoms with Crippen LogP contribution in [0, 0.1) is 0 Å². The van der Waals surface area contributed by atoms with Crippen LogP contribution in [0.2, 0.25) is 0 Å². The number of hydrogen-bond acceptors (Lipinski definition) is 6. The highest BCUT2D eigenvalue weighted by Crippen LogP contribution is 2.20. The third-order valence-electron chi connectivity index (χ3n) is 2.50. The highest BCUT2D eigenvalue weighted by molar-refractivity contribution is 5.70. The summed E-state index contributed by atoms with van der Waals surface area (Å²) in [5.41, 5.74) is -0.618. The summed E-state index contributed by atoms with van der Waals surface area (Å²) >= 11 is 0. The molecule has 7 heteroatoms. The van der Waals surface area contributed by atoms with Gasteiger partial charge < -0.3 is 19.1 Å². The van der Waals surface area contributed by atoms with Gasteiger partial charge in [0.05, 0.1) is 13.1 Å². The van der Waals surface area contributed by atoms with Crippen molar-refractivity contribution in [3.8, 4) is 0 Å². The van der Waals surface area contributed by atoms with Crippen molar-refractivity contribution in [2.45, 2.75) is 52.4 Å². The van der Waals surface area contributed by atoms with E-state index in [-0.39, 0.29) is 13.1 Å². The third kappa shape index (κ3) is 5.07. The molecule has 114 valence electrons. The Hall–Kier alpha value is -1.79. The lowest BCUT2D eigenvalue weighted by molar-refractivity contribution is -0.160.